The monoisotopic (exact) mass is 545 g/mol. The van der Waals surface area contributed by atoms with Crippen molar-refractivity contribution in [2.24, 2.45) is 0 Å². The van der Waals surface area contributed by atoms with Gasteiger partial charge in [0, 0.05) is 12.0 Å². The number of fused-ring (bicyclic) bond motifs is 1. The topological polar surface area (TPSA) is 83.9 Å². The summed E-state index contributed by atoms with van der Waals surface area (Å²) in [5, 5.41) is 8.99. The lowest BCUT2D eigenvalue weighted by atomic mass is 10.0. The van der Waals surface area contributed by atoms with E-state index in [-0.39, 0.29) is 41.1 Å². The molecule has 1 N–H and O–H groups in total. The summed E-state index contributed by atoms with van der Waals surface area (Å²) in [6.07, 6.45) is -6.62. The zero-order chi connectivity index (χ0) is 27.1. The Morgan fingerprint density at radius 2 is 1.73 bits per heavy atom. The first-order valence-electron chi connectivity index (χ1n) is 10.6. The number of nitrogens with zero attached hydrogens (tertiary/aromatic N) is 1. The van der Waals surface area contributed by atoms with Crippen molar-refractivity contribution < 1.29 is 49.4 Å². The van der Waals surface area contributed by atoms with Gasteiger partial charge in [0.15, 0.2) is 0 Å². The Morgan fingerprint density at radius 1 is 1.00 bits per heavy atom. The van der Waals surface area contributed by atoms with Gasteiger partial charge in [0.05, 0.1) is 22.7 Å². The van der Waals surface area contributed by atoms with Crippen molar-refractivity contribution >= 4 is 21.7 Å². The predicted octanol–water partition coefficient (Wildman–Crippen LogP) is 5.61. The van der Waals surface area contributed by atoms with Crippen molar-refractivity contribution in [1.82, 2.24) is 0 Å². The van der Waals surface area contributed by atoms with Crippen molar-refractivity contribution in [3.63, 3.8) is 0 Å². The summed E-state index contributed by atoms with van der Waals surface area (Å²) < 4.78 is 115. The van der Waals surface area contributed by atoms with Crippen molar-refractivity contribution in [2.45, 2.75) is 30.0 Å². The molecule has 1 heterocycles. The molecular weight excluding hydrogens is 528 g/mol. The van der Waals surface area contributed by atoms with E-state index in [1.807, 2.05) is 0 Å². The minimum atomic E-state index is -5.04. The van der Waals surface area contributed by atoms with Crippen LogP contribution in [0.1, 0.15) is 18.4 Å². The molecule has 0 bridgehead atoms. The molecule has 0 amide bonds. The molecule has 0 radical (unpaired) electrons. The third kappa shape index (κ3) is 5.50. The van der Waals surface area contributed by atoms with Gasteiger partial charge >= 0.3 is 12.1 Å². The van der Waals surface area contributed by atoms with Crippen molar-refractivity contribution in [1.29, 1.82) is 0 Å². The van der Waals surface area contributed by atoms with Crippen LogP contribution in [0.15, 0.2) is 59.5 Å². The predicted molar refractivity (Wildman–Crippen MR) is 119 cm³/mol. The molecule has 1 atom stereocenters. The molecule has 0 unspecified atom stereocenters. The molecule has 0 fully saturated rings. The fourth-order valence-corrected chi connectivity index (χ4v) is 5.42. The Bertz CT molecular complexity index is 1470. The standard InChI is InChI=1S/C24H17F6NO5S/c25-15-2-4-20(27)19(11-15)13-1-5-22-21(7-13)31(12-17(36-22)3-6-23(32)33)37(34,35)18-9-14(24(28,29)30)8-16(26)10-18/h1-2,4-5,7-11,17H,3,6,12H2,(H,32,33)/t17-/m0/s1. The van der Waals surface area contributed by atoms with E-state index < -0.39 is 69.1 Å². The van der Waals surface area contributed by atoms with Crippen molar-refractivity contribution in [3.05, 3.63) is 77.6 Å². The largest absolute Gasteiger partial charge is 0.486 e. The van der Waals surface area contributed by atoms with Gasteiger partial charge in [0.2, 0.25) is 0 Å². The van der Waals surface area contributed by atoms with E-state index in [4.69, 9.17) is 9.84 Å². The minimum Gasteiger partial charge on any atom is -0.486 e. The third-order valence-electron chi connectivity index (χ3n) is 5.60. The van der Waals surface area contributed by atoms with Crippen LogP contribution in [-0.2, 0) is 21.0 Å². The van der Waals surface area contributed by atoms with Gasteiger partial charge in [-0.25, -0.2) is 21.6 Å². The normalized spacial score (nSPS) is 15.7. The molecule has 0 aromatic heterocycles. The van der Waals surface area contributed by atoms with Gasteiger partial charge in [0.1, 0.15) is 29.3 Å². The number of ether oxygens (including phenoxy) is 1. The number of carbonyl (C=O) groups is 1. The second-order valence-corrected chi connectivity index (χ2v) is 10.1. The summed E-state index contributed by atoms with van der Waals surface area (Å²) in [6.45, 7) is -0.532. The Morgan fingerprint density at radius 3 is 2.41 bits per heavy atom. The van der Waals surface area contributed by atoms with Gasteiger partial charge < -0.3 is 9.84 Å². The molecule has 1 aliphatic heterocycles. The van der Waals surface area contributed by atoms with E-state index in [0.717, 1.165) is 24.3 Å². The number of halogens is 6. The molecule has 3 aromatic carbocycles. The second-order valence-electron chi connectivity index (χ2n) is 8.19. The van der Waals surface area contributed by atoms with Crippen LogP contribution in [0.5, 0.6) is 5.75 Å². The number of hydrogen-bond acceptors (Lipinski definition) is 4. The van der Waals surface area contributed by atoms with E-state index in [1.165, 1.54) is 12.1 Å². The molecule has 0 aliphatic carbocycles. The van der Waals surface area contributed by atoms with Gasteiger partial charge in [0.25, 0.3) is 10.0 Å². The van der Waals surface area contributed by atoms with Gasteiger partial charge in [-0.3, -0.25) is 9.10 Å². The number of aliphatic carboxylic acids is 1. The Kier molecular flexibility index (Phi) is 6.84. The van der Waals surface area contributed by atoms with Gasteiger partial charge in [-0.2, -0.15) is 13.2 Å². The third-order valence-corrected chi connectivity index (χ3v) is 7.35. The van der Waals surface area contributed by atoms with E-state index in [9.17, 15) is 39.6 Å². The molecule has 0 saturated carbocycles. The summed E-state index contributed by atoms with van der Waals surface area (Å²) >= 11 is 0. The Labute approximate surface area is 206 Å². The minimum absolute atomic E-state index is 0.0266. The van der Waals surface area contributed by atoms with E-state index >= 15 is 0 Å². The number of alkyl halides is 3. The molecule has 4 rings (SSSR count). The fourth-order valence-electron chi connectivity index (χ4n) is 3.86. The zero-order valence-corrected chi connectivity index (χ0v) is 19.4. The average molecular weight is 545 g/mol. The van der Waals surface area contributed by atoms with E-state index in [2.05, 4.69) is 0 Å². The number of carboxylic acid groups (broad SMARTS) is 1. The number of anilines is 1. The van der Waals surface area contributed by atoms with Crippen molar-refractivity contribution in [2.75, 3.05) is 10.8 Å². The maximum Gasteiger partial charge on any atom is 0.416 e. The fraction of sp³-hybridized carbons (Fsp3) is 0.208. The molecule has 6 nitrogen and oxygen atoms in total. The highest BCUT2D eigenvalue weighted by molar-refractivity contribution is 7.92. The average Bonchev–Trinajstić information content (AvgIpc) is 2.82. The first-order chi connectivity index (χ1) is 17.3. The number of rotatable bonds is 6. The highest BCUT2D eigenvalue weighted by Crippen LogP contribution is 2.42. The summed E-state index contributed by atoms with van der Waals surface area (Å²) in [5.41, 5.74) is -1.96. The molecule has 3 aromatic rings. The number of benzene rings is 3. The first-order valence-corrected chi connectivity index (χ1v) is 12.1. The molecule has 37 heavy (non-hydrogen) atoms. The van der Waals surface area contributed by atoms with Gasteiger partial charge in [-0.1, -0.05) is 6.07 Å². The molecule has 0 spiro atoms. The summed E-state index contributed by atoms with van der Waals surface area (Å²) in [5.74, 6) is -4.34. The lowest BCUT2D eigenvalue weighted by Gasteiger charge is -2.36. The van der Waals surface area contributed by atoms with Crippen LogP contribution in [0.4, 0.5) is 32.0 Å². The number of sulfonamides is 1. The molecule has 13 heteroatoms. The van der Waals surface area contributed by atoms with Gasteiger partial charge in [-0.15, -0.1) is 0 Å². The van der Waals surface area contributed by atoms with Crippen LogP contribution in [0, 0.1) is 17.5 Å². The number of carboxylic acids is 1. The SMILES string of the molecule is O=C(O)CC[C@H]1CN(S(=O)(=O)c2cc(F)cc(C(F)(F)F)c2)c2cc(-c3cc(F)ccc3F)ccc2O1. The lowest BCUT2D eigenvalue weighted by Crippen LogP contribution is -2.43. The smallest absolute Gasteiger partial charge is 0.416 e. The van der Waals surface area contributed by atoms with Crippen LogP contribution < -0.4 is 9.04 Å². The first kappa shape index (κ1) is 26.3. The molecule has 0 saturated heterocycles. The van der Waals surface area contributed by atoms with Crippen molar-refractivity contribution in [3.8, 4) is 16.9 Å². The maximum atomic E-state index is 14.4. The summed E-state index contributed by atoms with van der Waals surface area (Å²) in [4.78, 5) is 10.0. The van der Waals surface area contributed by atoms with Gasteiger partial charge in [-0.05, 0) is 60.5 Å². The van der Waals surface area contributed by atoms with E-state index in [1.54, 1.807) is 0 Å². The quantitative estimate of drug-likeness (QED) is 0.407. The Hall–Kier alpha value is -3.74. The summed E-state index contributed by atoms with van der Waals surface area (Å²) in [6, 6.07) is 7.15. The zero-order valence-electron chi connectivity index (χ0n) is 18.6. The highest BCUT2D eigenvalue weighted by atomic mass is 32.2. The maximum absolute atomic E-state index is 14.4. The van der Waals surface area contributed by atoms with Crippen LogP contribution in [-0.4, -0.2) is 32.1 Å². The highest BCUT2D eigenvalue weighted by Gasteiger charge is 2.38. The van der Waals surface area contributed by atoms with Crippen LogP contribution in [0.2, 0.25) is 0 Å². The molecule has 1 aliphatic rings. The molecule has 196 valence electrons. The number of hydrogen-bond donors (Lipinski definition) is 1. The van der Waals surface area contributed by atoms with Crippen LogP contribution >= 0.6 is 0 Å². The second kappa shape index (κ2) is 9.61. The summed E-state index contributed by atoms with van der Waals surface area (Å²) in [7, 11) is -4.87. The lowest BCUT2D eigenvalue weighted by molar-refractivity contribution is -0.138. The Balaban J connectivity index is 1.86. The molecular formula is C24H17F6NO5S. The van der Waals surface area contributed by atoms with Crippen LogP contribution in [0.3, 0.4) is 0 Å². The van der Waals surface area contributed by atoms with Crippen LogP contribution in [0.25, 0.3) is 11.1 Å². The van der Waals surface area contributed by atoms with E-state index in [0.29, 0.717) is 10.4 Å².